The third kappa shape index (κ3) is 5.44. The molecule has 0 saturated carbocycles. The zero-order chi connectivity index (χ0) is 20.8. The predicted molar refractivity (Wildman–Crippen MR) is 115 cm³/mol. The van der Waals surface area contributed by atoms with Crippen LogP contribution in [0.25, 0.3) is 0 Å². The van der Waals surface area contributed by atoms with Crippen molar-refractivity contribution >= 4 is 34.6 Å². The molecule has 0 aliphatic carbocycles. The maximum atomic E-state index is 12.7. The summed E-state index contributed by atoms with van der Waals surface area (Å²) in [7, 11) is 1.81. The molecule has 0 aromatic heterocycles. The van der Waals surface area contributed by atoms with E-state index >= 15 is 0 Å². The van der Waals surface area contributed by atoms with E-state index in [2.05, 4.69) is 15.5 Å². The Kier molecular flexibility index (Phi) is 7.03. The normalized spacial score (nSPS) is 14.4. The number of piperazine rings is 1. The van der Waals surface area contributed by atoms with Crippen LogP contribution in [0.15, 0.2) is 42.5 Å². The van der Waals surface area contributed by atoms with E-state index in [0.29, 0.717) is 22.9 Å². The minimum absolute atomic E-state index is 0.0245. The third-order valence-corrected chi connectivity index (χ3v) is 5.17. The number of nitro benzene ring substituents is 1. The van der Waals surface area contributed by atoms with E-state index in [1.807, 2.05) is 11.9 Å². The Morgan fingerprint density at radius 2 is 1.93 bits per heavy atom. The molecule has 0 spiro atoms. The lowest BCUT2D eigenvalue weighted by molar-refractivity contribution is -0.384. The maximum absolute atomic E-state index is 12.7. The summed E-state index contributed by atoms with van der Waals surface area (Å²) in [4.78, 5) is 28.2. The first-order chi connectivity index (χ1) is 14.0. The van der Waals surface area contributed by atoms with Crippen molar-refractivity contribution in [1.82, 2.24) is 10.2 Å². The minimum Gasteiger partial charge on any atom is -0.368 e. The van der Waals surface area contributed by atoms with Gasteiger partial charge in [-0.3, -0.25) is 19.8 Å². The third-order valence-electron chi connectivity index (χ3n) is 4.92. The molecule has 2 aromatic rings. The van der Waals surface area contributed by atoms with Crippen molar-refractivity contribution in [2.45, 2.75) is 0 Å². The van der Waals surface area contributed by atoms with Gasteiger partial charge in [0.15, 0.2) is 0 Å². The van der Waals surface area contributed by atoms with Crippen LogP contribution in [-0.4, -0.2) is 62.0 Å². The average molecular weight is 418 g/mol. The smallest absolute Gasteiger partial charge is 0.305 e. The molecule has 0 bridgehead atoms. The summed E-state index contributed by atoms with van der Waals surface area (Å²) in [6, 6.07) is 11.4. The van der Waals surface area contributed by atoms with E-state index in [9.17, 15) is 14.9 Å². The van der Waals surface area contributed by atoms with Crippen LogP contribution < -0.4 is 15.5 Å². The number of carbonyl (C=O) groups excluding carboxylic acids is 1. The van der Waals surface area contributed by atoms with Crippen molar-refractivity contribution in [3.8, 4) is 0 Å². The van der Waals surface area contributed by atoms with Crippen molar-refractivity contribution in [3.05, 3.63) is 63.2 Å². The Morgan fingerprint density at radius 3 is 2.59 bits per heavy atom. The lowest BCUT2D eigenvalue weighted by atomic mass is 10.1. The summed E-state index contributed by atoms with van der Waals surface area (Å²) < 4.78 is 0. The van der Waals surface area contributed by atoms with Gasteiger partial charge in [0.1, 0.15) is 11.3 Å². The summed E-state index contributed by atoms with van der Waals surface area (Å²) in [5.41, 5.74) is 0.776. The number of carbonyl (C=O) groups is 1. The summed E-state index contributed by atoms with van der Waals surface area (Å²) in [6.45, 7) is 5.24. The number of hydrogen-bond acceptors (Lipinski definition) is 6. The van der Waals surface area contributed by atoms with Gasteiger partial charge in [-0.15, -0.1) is 0 Å². The summed E-state index contributed by atoms with van der Waals surface area (Å²) in [5, 5.41) is 18.4. The molecule has 154 valence electrons. The second kappa shape index (κ2) is 9.69. The molecule has 1 aliphatic heterocycles. The molecule has 1 amide bonds. The van der Waals surface area contributed by atoms with Gasteiger partial charge in [-0.25, -0.2) is 0 Å². The number of nitrogens with one attached hydrogen (secondary N) is 2. The molecule has 8 nitrogen and oxygen atoms in total. The second-order valence-corrected chi connectivity index (χ2v) is 7.34. The molecule has 3 rings (SSSR count). The van der Waals surface area contributed by atoms with Crippen LogP contribution >= 0.6 is 11.6 Å². The Hall–Kier alpha value is -2.68. The topological polar surface area (TPSA) is 90.8 Å². The highest BCUT2D eigenvalue weighted by Crippen LogP contribution is 2.31. The van der Waals surface area contributed by atoms with E-state index in [0.717, 1.165) is 32.7 Å². The number of anilines is 2. The van der Waals surface area contributed by atoms with Crippen LogP contribution in [0.1, 0.15) is 10.4 Å². The standard InChI is InChI=1S/C20H24ClN5O3/c1-24(13-14-25-11-9-22-10-12-25)18-4-2-3-17(19(18)26(28)29)20(27)23-16-7-5-15(21)6-8-16/h2-8,22H,9-14H2,1H3,(H,23,27). The van der Waals surface area contributed by atoms with Crippen LogP contribution in [0.4, 0.5) is 17.1 Å². The van der Waals surface area contributed by atoms with Gasteiger partial charge in [0.25, 0.3) is 5.91 Å². The number of para-hydroxylation sites is 1. The lowest BCUT2D eigenvalue weighted by Crippen LogP contribution is -2.46. The number of likely N-dealkylation sites (N-methyl/N-ethyl adjacent to an activating group) is 1. The maximum Gasteiger partial charge on any atom is 0.305 e. The first-order valence-corrected chi connectivity index (χ1v) is 9.82. The SMILES string of the molecule is CN(CCN1CCNCC1)c1cccc(C(=O)Nc2ccc(Cl)cc2)c1[N+](=O)[O-]. The average Bonchev–Trinajstić information content (AvgIpc) is 2.73. The van der Waals surface area contributed by atoms with Crippen molar-refractivity contribution < 1.29 is 9.72 Å². The zero-order valence-electron chi connectivity index (χ0n) is 16.2. The molecule has 1 fully saturated rings. The van der Waals surface area contributed by atoms with Gasteiger partial charge in [-0.1, -0.05) is 17.7 Å². The fourth-order valence-corrected chi connectivity index (χ4v) is 3.42. The number of rotatable bonds is 7. The summed E-state index contributed by atoms with van der Waals surface area (Å²) >= 11 is 5.86. The highest BCUT2D eigenvalue weighted by atomic mass is 35.5. The van der Waals surface area contributed by atoms with E-state index in [1.54, 1.807) is 36.4 Å². The molecule has 2 aromatic carbocycles. The summed E-state index contributed by atoms with van der Waals surface area (Å²) in [5.74, 6) is -0.531. The fraction of sp³-hybridized carbons (Fsp3) is 0.350. The van der Waals surface area contributed by atoms with E-state index in [-0.39, 0.29) is 11.3 Å². The van der Waals surface area contributed by atoms with Gasteiger partial charge >= 0.3 is 5.69 Å². The van der Waals surface area contributed by atoms with Gasteiger partial charge < -0.3 is 15.5 Å². The Bertz CT molecular complexity index is 869. The fourth-order valence-electron chi connectivity index (χ4n) is 3.29. The van der Waals surface area contributed by atoms with Crippen molar-refractivity contribution in [2.24, 2.45) is 0 Å². The number of benzene rings is 2. The Balaban J connectivity index is 1.78. The van der Waals surface area contributed by atoms with Crippen molar-refractivity contribution in [1.29, 1.82) is 0 Å². The molecule has 1 aliphatic rings. The van der Waals surface area contributed by atoms with Crippen LogP contribution in [0.3, 0.4) is 0 Å². The quantitative estimate of drug-likeness (QED) is 0.531. The molecule has 0 radical (unpaired) electrons. The molecule has 2 N–H and O–H groups in total. The van der Waals surface area contributed by atoms with Crippen LogP contribution in [0, 0.1) is 10.1 Å². The van der Waals surface area contributed by atoms with Crippen LogP contribution in [0.2, 0.25) is 5.02 Å². The number of halogens is 1. The first kappa shape index (κ1) is 21.0. The molecule has 29 heavy (non-hydrogen) atoms. The monoisotopic (exact) mass is 417 g/mol. The highest BCUT2D eigenvalue weighted by Gasteiger charge is 2.26. The molecule has 1 heterocycles. The van der Waals surface area contributed by atoms with Gasteiger partial charge in [0.2, 0.25) is 0 Å². The summed E-state index contributed by atoms with van der Waals surface area (Å²) in [6.07, 6.45) is 0. The molecule has 1 saturated heterocycles. The zero-order valence-corrected chi connectivity index (χ0v) is 17.0. The number of nitro groups is 1. The molecule has 0 unspecified atom stereocenters. The van der Waals surface area contributed by atoms with Gasteiger partial charge in [-0.2, -0.15) is 0 Å². The molecular weight excluding hydrogens is 394 g/mol. The van der Waals surface area contributed by atoms with Gasteiger partial charge in [0, 0.05) is 57.0 Å². The first-order valence-electron chi connectivity index (χ1n) is 9.44. The van der Waals surface area contributed by atoms with Crippen LogP contribution in [-0.2, 0) is 0 Å². The number of hydrogen-bond donors (Lipinski definition) is 2. The minimum atomic E-state index is -0.531. The van der Waals surface area contributed by atoms with E-state index in [1.165, 1.54) is 6.07 Å². The van der Waals surface area contributed by atoms with Gasteiger partial charge in [-0.05, 0) is 36.4 Å². The highest BCUT2D eigenvalue weighted by molar-refractivity contribution is 6.30. The molecule has 9 heteroatoms. The van der Waals surface area contributed by atoms with E-state index < -0.39 is 10.8 Å². The van der Waals surface area contributed by atoms with Crippen molar-refractivity contribution in [2.75, 3.05) is 56.5 Å². The van der Waals surface area contributed by atoms with Crippen LogP contribution in [0.5, 0.6) is 0 Å². The van der Waals surface area contributed by atoms with E-state index in [4.69, 9.17) is 11.6 Å². The van der Waals surface area contributed by atoms with Crippen molar-refractivity contribution in [3.63, 3.8) is 0 Å². The Morgan fingerprint density at radius 1 is 1.24 bits per heavy atom. The largest absolute Gasteiger partial charge is 0.368 e. The number of nitrogens with zero attached hydrogens (tertiary/aromatic N) is 3. The Labute approximate surface area is 174 Å². The lowest BCUT2D eigenvalue weighted by Gasteiger charge is -2.29. The van der Waals surface area contributed by atoms with Gasteiger partial charge in [0.05, 0.1) is 4.92 Å². The molecular formula is C20H24ClN5O3. The predicted octanol–water partition coefficient (Wildman–Crippen LogP) is 2.84. The number of amides is 1. The molecule has 0 atom stereocenters. The second-order valence-electron chi connectivity index (χ2n) is 6.90.